The zero-order chi connectivity index (χ0) is 28.4. The summed E-state index contributed by atoms with van der Waals surface area (Å²) < 4.78 is 55.7. The van der Waals surface area contributed by atoms with E-state index in [1.165, 1.54) is 12.1 Å². The van der Waals surface area contributed by atoms with Gasteiger partial charge in [-0.1, -0.05) is 19.9 Å². The number of carbonyl (C=O) groups is 1. The molecular weight excluding hydrogens is 512 g/mol. The highest BCUT2D eigenvalue weighted by molar-refractivity contribution is 5.95. The molecule has 0 radical (unpaired) electrons. The number of benzene rings is 3. The highest BCUT2D eigenvalue weighted by atomic mass is 19.2. The van der Waals surface area contributed by atoms with E-state index >= 15 is 0 Å². The van der Waals surface area contributed by atoms with Crippen LogP contribution in [0.15, 0.2) is 42.5 Å². The van der Waals surface area contributed by atoms with E-state index in [2.05, 4.69) is 10.3 Å². The molecule has 4 N–H and O–H groups in total. The van der Waals surface area contributed by atoms with Crippen LogP contribution in [0.2, 0.25) is 0 Å². The van der Waals surface area contributed by atoms with E-state index in [0.717, 1.165) is 18.1 Å². The minimum Gasteiger partial charge on any atom is -0.508 e. The van der Waals surface area contributed by atoms with E-state index in [1.807, 2.05) is 26.0 Å². The molecule has 6 nitrogen and oxygen atoms in total. The molecule has 0 bridgehead atoms. The summed E-state index contributed by atoms with van der Waals surface area (Å²) in [5, 5.41) is 12.3. The van der Waals surface area contributed by atoms with Gasteiger partial charge in [-0.15, -0.1) is 0 Å². The predicted molar refractivity (Wildman–Crippen MR) is 141 cm³/mol. The Morgan fingerprint density at radius 1 is 0.923 bits per heavy atom. The van der Waals surface area contributed by atoms with Crippen molar-refractivity contribution in [3.8, 4) is 28.3 Å². The average molecular weight is 539 g/mol. The molecule has 0 saturated carbocycles. The zero-order valence-electron chi connectivity index (χ0n) is 21.5. The van der Waals surface area contributed by atoms with Crippen molar-refractivity contribution in [1.29, 1.82) is 0 Å². The van der Waals surface area contributed by atoms with Crippen LogP contribution in [0.4, 0.5) is 29.1 Å². The quantitative estimate of drug-likeness (QED) is 0.123. The molecular formula is C29H26F4N4O2. The number of amides is 1. The number of fused-ring (bicyclic) bond motifs is 3. The first kappa shape index (κ1) is 27.6. The molecule has 1 amide bonds. The number of rotatable bonds is 4. The molecule has 1 aromatic heterocycles. The van der Waals surface area contributed by atoms with Gasteiger partial charge in [0.1, 0.15) is 11.4 Å². The maximum atomic E-state index is 14.4. The Morgan fingerprint density at radius 2 is 1.59 bits per heavy atom. The zero-order valence-corrected chi connectivity index (χ0v) is 21.5. The summed E-state index contributed by atoms with van der Waals surface area (Å²) in [5.41, 5.74) is 9.29. The van der Waals surface area contributed by atoms with Crippen LogP contribution >= 0.6 is 0 Å². The first-order chi connectivity index (χ1) is 18.6. The number of nitrogens with zero attached hydrogens (tertiary/aromatic N) is 2. The van der Waals surface area contributed by atoms with Gasteiger partial charge in [0.25, 0.3) is 0 Å². The molecule has 10 heteroatoms. The lowest BCUT2D eigenvalue weighted by Gasteiger charge is -2.21. The Morgan fingerprint density at radius 3 is 2.28 bits per heavy atom. The summed E-state index contributed by atoms with van der Waals surface area (Å²) in [6, 6.07) is 11.5. The monoisotopic (exact) mass is 538 g/mol. The highest BCUT2D eigenvalue weighted by Gasteiger charge is 2.26. The van der Waals surface area contributed by atoms with Gasteiger partial charge in [-0.3, -0.25) is 4.79 Å². The molecule has 3 aromatic carbocycles. The molecule has 0 spiro atoms. The van der Waals surface area contributed by atoms with Gasteiger partial charge in [0.05, 0.1) is 17.8 Å². The Kier molecular flexibility index (Phi) is 7.85. The van der Waals surface area contributed by atoms with Gasteiger partial charge in [0, 0.05) is 22.4 Å². The van der Waals surface area contributed by atoms with Crippen molar-refractivity contribution in [3.05, 3.63) is 88.1 Å². The maximum Gasteiger partial charge on any atom is 0.230 e. The van der Waals surface area contributed by atoms with E-state index in [1.54, 1.807) is 18.2 Å². The molecule has 1 aliphatic rings. The lowest BCUT2D eigenvalue weighted by molar-refractivity contribution is -0.115. The number of carbonyl (C=O) groups excluding carboxylic acids is 1. The number of anilines is 2. The highest BCUT2D eigenvalue weighted by Crippen LogP contribution is 2.37. The number of hydrogen-bond donors (Lipinski definition) is 3. The van der Waals surface area contributed by atoms with Crippen LogP contribution in [0, 0.1) is 30.2 Å². The van der Waals surface area contributed by atoms with Crippen molar-refractivity contribution in [1.82, 2.24) is 9.97 Å². The van der Waals surface area contributed by atoms with Crippen molar-refractivity contribution >= 4 is 17.4 Å². The summed E-state index contributed by atoms with van der Waals surface area (Å²) in [7, 11) is 0. The van der Waals surface area contributed by atoms with Crippen LogP contribution in [-0.2, 0) is 24.1 Å². The largest absolute Gasteiger partial charge is 0.508 e. The van der Waals surface area contributed by atoms with Crippen LogP contribution in [-0.4, -0.2) is 21.0 Å². The van der Waals surface area contributed by atoms with E-state index in [4.69, 9.17) is 10.7 Å². The van der Waals surface area contributed by atoms with Crippen LogP contribution in [0.25, 0.3) is 22.5 Å². The number of halogens is 4. The Balaban J connectivity index is 0.00000172. The molecule has 4 aromatic rings. The van der Waals surface area contributed by atoms with Crippen molar-refractivity contribution in [3.63, 3.8) is 0 Å². The van der Waals surface area contributed by atoms with E-state index < -0.39 is 46.7 Å². The third kappa shape index (κ3) is 5.27. The minimum absolute atomic E-state index is 0.0207. The number of nitrogens with one attached hydrogen (secondary N) is 1. The smallest absolute Gasteiger partial charge is 0.230 e. The molecule has 39 heavy (non-hydrogen) atoms. The topological polar surface area (TPSA) is 101 Å². The number of nitrogens with two attached hydrogens (primary N) is 1. The molecule has 0 fully saturated rings. The Hall–Kier alpha value is -4.47. The first-order valence-corrected chi connectivity index (χ1v) is 12.3. The average Bonchev–Trinajstić information content (AvgIpc) is 2.94. The summed E-state index contributed by atoms with van der Waals surface area (Å²) >= 11 is 0. The lowest BCUT2D eigenvalue weighted by atomic mass is 9.91. The maximum absolute atomic E-state index is 14.4. The summed E-state index contributed by atoms with van der Waals surface area (Å²) in [6.07, 6.45) is 0.397. The van der Waals surface area contributed by atoms with E-state index in [9.17, 15) is 27.5 Å². The number of phenolic OH excluding ortho intramolecular Hbond substituents is 1. The first-order valence-electron chi connectivity index (χ1n) is 12.3. The van der Waals surface area contributed by atoms with E-state index in [0.29, 0.717) is 35.5 Å². The summed E-state index contributed by atoms with van der Waals surface area (Å²) in [4.78, 5) is 22.3. The third-order valence-electron chi connectivity index (χ3n) is 6.34. The second-order valence-electron chi connectivity index (χ2n) is 8.76. The molecule has 0 aliphatic heterocycles. The molecule has 5 rings (SSSR count). The van der Waals surface area contributed by atoms with Crippen molar-refractivity contribution in [2.24, 2.45) is 0 Å². The second-order valence-corrected chi connectivity index (χ2v) is 8.76. The third-order valence-corrected chi connectivity index (χ3v) is 6.34. The van der Waals surface area contributed by atoms with Crippen molar-refractivity contribution < 1.29 is 27.5 Å². The second kappa shape index (κ2) is 11.1. The number of nitrogen functional groups attached to an aromatic ring is 1. The standard InChI is InChI=1S/C27H20F4N4O2.C2H6/c1-12-18(22(29)24(31)23(30)21(12)28)11-20(37)34-27-25(13-2-6-16(36)7-3-13)35-26-17-8-5-15(32)10-14(17)4-9-19(26)33-27;1-2/h2-3,5-8,10,36H,4,9,11,32H2,1H3,(H,33,34,37);1-2H3. The lowest BCUT2D eigenvalue weighted by Crippen LogP contribution is -2.20. The predicted octanol–water partition coefficient (Wildman–Crippen LogP) is 6.27. The Bertz CT molecular complexity index is 1540. The van der Waals surface area contributed by atoms with Gasteiger partial charge in [-0.2, -0.15) is 0 Å². The fraction of sp³-hybridized carbons (Fsp3) is 0.207. The summed E-state index contributed by atoms with van der Waals surface area (Å²) in [6.45, 7) is 5.06. The molecule has 0 unspecified atom stereocenters. The molecule has 0 saturated heterocycles. The van der Waals surface area contributed by atoms with Gasteiger partial charge in [-0.25, -0.2) is 27.5 Å². The van der Waals surface area contributed by atoms with Gasteiger partial charge in [0.15, 0.2) is 29.1 Å². The number of phenols is 1. The molecule has 1 aliphatic carbocycles. The number of aromatic hydroxyl groups is 1. The fourth-order valence-electron chi connectivity index (χ4n) is 4.41. The summed E-state index contributed by atoms with van der Waals surface area (Å²) in [5.74, 6) is -7.86. The van der Waals surface area contributed by atoms with Gasteiger partial charge >= 0.3 is 0 Å². The number of aryl methyl sites for hydroxylation is 2. The molecule has 202 valence electrons. The van der Waals surface area contributed by atoms with Gasteiger partial charge in [0.2, 0.25) is 5.91 Å². The normalized spacial score (nSPS) is 11.7. The van der Waals surface area contributed by atoms with E-state index in [-0.39, 0.29) is 17.3 Å². The molecule has 1 heterocycles. The molecule has 0 atom stereocenters. The van der Waals surface area contributed by atoms with Crippen LogP contribution in [0.1, 0.15) is 36.2 Å². The fourth-order valence-corrected chi connectivity index (χ4v) is 4.41. The van der Waals surface area contributed by atoms with Crippen LogP contribution < -0.4 is 11.1 Å². The Labute approximate surface area is 222 Å². The van der Waals surface area contributed by atoms with Crippen LogP contribution in [0.3, 0.4) is 0 Å². The van der Waals surface area contributed by atoms with Gasteiger partial charge < -0.3 is 16.2 Å². The van der Waals surface area contributed by atoms with Crippen LogP contribution in [0.5, 0.6) is 5.75 Å². The van der Waals surface area contributed by atoms with Gasteiger partial charge in [-0.05, 0) is 67.3 Å². The minimum atomic E-state index is -1.98. The van der Waals surface area contributed by atoms with Crippen molar-refractivity contribution in [2.75, 3.05) is 11.1 Å². The number of hydrogen-bond acceptors (Lipinski definition) is 5. The SMILES string of the molecule is CC.Cc1c(F)c(F)c(F)c(F)c1CC(=O)Nc1nc2c(nc1-c1ccc(O)cc1)-c1ccc(N)cc1CC2. The number of aromatic nitrogens is 2. The van der Waals surface area contributed by atoms with Crippen molar-refractivity contribution in [2.45, 2.75) is 40.0 Å².